The highest BCUT2D eigenvalue weighted by molar-refractivity contribution is 5.92. The second kappa shape index (κ2) is 13.4. The predicted octanol–water partition coefficient (Wildman–Crippen LogP) is 14.0. The molecule has 11 rings (SSSR count). The molecule has 0 amide bonds. The molecule has 8 aromatic carbocycles. The van der Waals surface area contributed by atoms with Crippen LogP contribution in [-0.2, 0) is 5.41 Å². The van der Waals surface area contributed by atoms with Crippen molar-refractivity contribution in [1.82, 2.24) is 4.98 Å². The Kier molecular flexibility index (Phi) is 7.71. The minimum atomic E-state index is -0.526. The van der Waals surface area contributed by atoms with Gasteiger partial charge in [0.2, 0.25) is 0 Å². The molecule has 0 saturated carbocycles. The van der Waals surface area contributed by atoms with Gasteiger partial charge < -0.3 is 9.47 Å². The van der Waals surface area contributed by atoms with Crippen molar-refractivity contribution >= 4 is 0 Å². The highest BCUT2D eigenvalue weighted by atomic mass is 16.6. The summed E-state index contributed by atoms with van der Waals surface area (Å²) in [7, 11) is 0. The van der Waals surface area contributed by atoms with Gasteiger partial charge in [0.05, 0.1) is 16.8 Å². The lowest BCUT2D eigenvalue weighted by molar-refractivity contribution is 0.360. The first-order valence-electron chi connectivity index (χ1n) is 19.4. The molecule has 57 heavy (non-hydrogen) atoms. The zero-order valence-electron chi connectivity index (χ0n) is 31.0. The number of hydrogen-bond acceptors (Lipinski definition) is 3. The highest BCUT2D eigenvalue weighted by Gasteiger charge is 2.48. The fourth-order valence-corrected chi connectivity index (χ4v) is 8.83. The van der Waals surface area contributed by atoms with Gasteiger partial charge in [0.15, 0.2) is 23.0 Å². The smallest absolute Gasteiger partial charge is 0.178 e. The lowest BCUT2D eigenvalue weighted by Crippen LogP contribution is -2.28. The van der Waals surface area contributed by atoms with Crippen molar-refractivity contribution in [2.45, 2.75) is 5.41 Å². The largest absolute Gasteiger partial charge is 0.449 e. The van der Waals surface area contributed by atoms with Gasteiger partial charge in [-0.3, -0.25) is 0 Å². The quantitative estimate of drug-likeness (QED) is 0.171. The maximum absolute atomic E-state index is 7.01. The number of nitrogens with zero attached hydrogens (tertiary/aromatic N) is 1. The minimum absolute atomic E-state index is 0.526. The topological polar surface area (TPSA) is 31.4 Å². The predicted molar refractivity (Wildman–Crippen MR) is 230 cm³/mol. The number of benzene rings is 8. The Morgan fingerprint density at radius 2 is 0.895 bits per heavy atom. The molecular formula is C54H35NO2. The lowest BCUT2D eigenvalue weighted by Gasteiger charge is -2.34. The lowest BCUT2D eigenvalue weighted by atomic mass is 9.68. The van der Waals surface area contributed by atoms with Gasteiger partial charge in [-0.1, -0.05) is 176 Å². The number of pyridine rings is 1. The summed E-state index contributed by atoms with van der Waals surface area (Å²) in [6.45, 7) is 0. The average Bonchev–Trinajstić information content (AvgIpc) is 3.61. The van der Waals surface area contributed by atoms with E-state index in [2.05, 4.69) is 194 Å². The van der Waals surface area contributed by atoms with Gasteiger partial charge in [-0.15, -0.1) is 0 Å². The van der Waals surface area contributed by atoms with Crippen LogP contribution < -0.4 is 9.47 Å². The Morgan fingerprint density at radius 1 is 0.333 bits per heavy atom. The molecular weight excluding hydrogens is 695 g/mol. The molecule has 1 aromatic heterocycles. The van der Waals surface area contributed by atoms with E-state index in [1.807, 2.05) is 18.2 Å². The number of ether oxygens (including phenoxy) is 2. The van der Waals surface area contributed by atoms with E-state index in [4.69, 9.17) is 14.5 Å². The van der Waals surface area contributed by atoms with Crippen molar-refractivity contribution in [3.63, 3.8) is 0 Å². The maximum atomic E-state index is 7.01. The first-order valence-corrected chi connectivity index (χ1v) is 19.4. The molecule has 9 aromatic rings. The standard InChI is InChI=1S/C54H35NO2/c1-5-16-36(17-6-1)41-33-47(37-18-7-2-8-19-37)55-48(34-41)40-21-15-20-38(32-40)39-28-30-49-51(35-39)57-53-50(56-49)31-29-46-52(53)44-26-13-14-27-45(44)54(46,42-22-9-3-10-23-42)43-24-11-4-12-25-43/h1-35H. The van der Waals surface area contributed by atoms with Crippen LogP contribution in [0.5, 0.6) is 23.0 Å². The van der Waals surface area contributed by atoms with Crippen LogP contribution in [0.15, 0.2) is 212 Å². The summed E-state index contributed by atoms with van der Waals surface area (Å²) < 4.78 is 13.7. The van der Waals surface area contributed by atoms with E-state index in [9.17, 15) is 0 Å². The summed E-state index contributed by atoms with van der Waals surface area (Å²) in [5.74, 6) is 2.82. The van der Waals surface area contributed by atoms with Crippen molar-refractivity contribution in [2.75, 3.05) is 0 Å². The van der Waals surface area contributed by atoms with Crippen LogP contribution in [0.25, 0.3) is 55.9 Å². The molecule has 0 fully saturated rings. The monoisotopic (exact) mass is 729 g/mol. The molecule has 0 radical (unpaired) electrons. The van der Waals surface area contributed by atoms with Crippen LogP contribution in [0, 0.1) is 0 Å². The minimum Gasteiger partial charge on any atom is -0.449 e. The summed E-state index contributed by atoms with van der Waals surface area (Å²) in [4.78, 5) is 5.19. The molecule has 2 heterocycles. The molecule has 1 aliphatic carbocycles. The summed E-state index contributed by atoms with van der Waals surface area (Å²) in [5, 5.41) is 0. The third-order valence-corrected chi connectivity index (χ3v) is 11.4. The summed E-state index contributed by atoms with van der Waals surface area (Å²) in [5.41, 5.74) is 14.8. The third-order valence-electron chi connectivity index (χ3n) is 11.4. The summed E-state index contributed by atoms with van der Waals surface area (Å²) in [6, 6.07) is 74.7. The first-order chi connectivity index (χ1) is 28.2. The molecule has 0 saturated heterocycles. The van der Waals surface area contributed by atoms with E-state index in [1.165, 1.54) is 22.3 Å². The molecule has 1 aliphatic heterocycles. The Labute approximate surface area is 332 Å². The van der Waals surface area contributed by atoms with E-state index in [0.29, 0.717) is 17.2 Å². The zero-order valence-corrected chi connectivity index (χ0v) is 31.0. The zero-order chi connectivity index (χ0) is 37.8. The van der Waals surface area contributed by atoms with Gasteiger partial charge in [0.25, 0.3) is 0 Å². The van der Waals surface area contributed by atoms with Crippen LogP contribution in [0.4, 0.5) is 0 Å². The molecule has 3 heteroatoms. The molecule has 2 aliphatic rings. The molecule has 0 spiro atoms. The maximum Gasteiger partial charge on any atom is 0.178 e. The average molecular weight is 730 g/mol. The fraction of sp³-hybridized carbons (Fsp3) is 0.0185. The Balaban J connectivity index is 1.01. The number of aromatic nitrogens is 1. The van der Waals surface area contributed by atoms with Crippen molar-refractivity contribution in [1.29, 1.82) is 0 Å². The van der Waals surface area contributed by atoms with Crippen molar-refractivity contribution < 1.29 is 9.47 Å². The van der Waals surface area contributed by atoms with Crippen LogP contribution in [0.3, 0.4) is 0 Å². The molecule has 0 unspecified atom stereocenters. The Bertz CT molecular complexity index is 2840. The van der Waals surface area contributed by atoms with Crippen LogP contribution in [0.2, 0.25) is 0 Å². The van der Waals surface area contributed by atoms with Gasteiger partial charge >= 0.3 is 0 Å². The normalized spacial score (nSPS) is 13.0. The van der Waals surface area contributed by atoms with Gasteiger partial charge in [-0.25, -0.2) is 4.98 Å². The second-order valence-electron chi connectivity index (χ2n) is 14.6. The van der Waals surface area contributed by atoms with Gasteiger partial charge in [0, 0.05) is 16.7 Å². The third kappa shape index (κ3) is 5.39. The van der Waals surface area contributed by atoms with Crippen LogP contribution >= 0.6 is 0 Å². The Hall–Kier alpha value is -7.49. The van der Waals surface area contributed by atoms with Crippen LogP contribution in [0.1, 0.15) is 22.3 Å². The SMILES string of the molecule is c1ccc(-c2cc(-c3ccccc3)nc(-c3cccc(-c4ccc5c(c4)Oc4c(ccc6c4-c4ccccc4C6(c4ccccc4)c4ccccc4)O5)c3)c2)cc1. The van der Waals surface area contributed by atoms with E-state index in [1.54, 1.807) is 0 Å². The number of hydrogen-bond donors (Lipinski definition) is 0. The fourth-order valence-electron chi connectivity index (χ4n) is 8.83. The Morgan fingerprint density at radius 3 is 1.61 bits per heavy atom. The van der Waals surface area contributed by atoms with E-state index >= 15 is 0 Å². The molecule has 0 atom stereocenters. The van der Waals surface area contributed by atoms with E-state index in [0.717, 1.165) is 61.6 Å². The highest BCUT2D eigenvalue weighted by Crippen LogP contribution is 2.62. The second-order valence-corrected chi connectivity index (χ2v) is 14.6. The van der Waals surface area contributed by atoms with Crippen molar-refractivity contribution in [3.05, 3.63) is 235 Å². The van der Waals surface area contributed by atoms with Crippen molar-refractivity contribution in [3.8, 4) is 78.9 Å². The van der Waals surface area contributed by atoms with E-state index in [-0.39, 0.29) is 0 Å². The number of rotatable bonds is 6. The van der Waals surface area contributed by atoms with Gasteiger partial charge in [-0.2, -0.15) is 0 Å². The van der Waals surface area contributed by atoms with Crippen LogP contribution in [-0.4, -0.2) is 4.98 Å². The number of fused-ring (bicyclic) bond motifs is 6. The van der Waals surface area contributed by atoms with E-state index < -0.39 is 5.41 Å². The molecule has 0 bridgehead atoms. The summed E-state index contributed by atoms with van der Waals surface area (Å²) in [6.07, 6.45) is 0. The molecule has 268 valence electrons. The first kappa shape index (κ1) is 32.9. The van der Waals surface area contributed by atoms with Gasteiger partial charge in [0.1, 0.15) is 0 Å². The molecule has 3 nitrogen and oxygen atoms in total. The van der Waals surface area contributed by atoms with Gasteiger partial charge in [-0.05, 0) is 86.5 Å². The van der Waals surface area contributed by atoms with Crippen molar-refractivity contribution in [2.24, 2.45) is 0 Å². The summed E-state index contributed by atoms with van der Waals surface area (Å²) >= 11 is 0. The molecule has 0 N–H and O–H groups in total.